The van der Waals surface area contributed by atoms with Crippen LogP contribution in [0.15, 0.2) is 0 Å². The first-order valence-corrected chi connectivity index (χ1v) is 6.09. The second-order valence-corrected chi connectivity index (χ2v) is 5.76. The molecule has 94 valence electrons. The Morgan fingerprint density at radius 2 is 1.94 bits per heavy atom. The summed E-state index contributed by atoms with van der Waals surface area (Å²) in [5.41, 5.74) is 2.60. The molecule has 4 nitrogen and oxygen atoms in total. The van der Waals surface area contributed by atoms with E-state index in [-0.39, 0.29) is 6.09 Å². The standard InChI is InChI=1S/C13H20N2O2/c1-8-9(2)14-15(11(8)10-6-7-10)12(16)17-13(3,4)5/h10H,6-7H2,1-5H3. The van der Waals surface area contributed by atoms with E-state index in [1.54, 1.807) is 0 Å². The molecular weight excluding hydrogens is 216 g/mol. The predicted molar refractivity (Wildman–Crippen MR) is 65.3 cm³/mol. The van der Waals surface area contributed by atoms with Crippen molar-refractivity contribution in [3.05, 3.63) is 17.0 Å². The summed E-state index contributed by atoms with van der Waals surface area (Å²) in [6, 6.07) is 0. The van der Waals surface area contributed by atoms with Crippen molar-refractivity contribution in [1.29, 1.82) is 0 Å². The molecule has 1 saturated carbocycles. The molecule has 1 aliphatic carbocycles. The number of aryl methyl sites for hydroxylation is 1. The molecule has 1 aliphatic rings. The monoisotopic (exact) mass is 236 g/mol. The lowest BCUT2D eigenvalue weighted by Crippen LogP contribution is -2.28. The van der Waals surface area contributed by atoms with Crippen LogP contribution in [0.5, 0.6) is 0 Å². The summed E-state index contributed by atoms with van der Waals surface area (Å²) in [4.78, 5) is 12.1. The topological polar surface area (TPSA) is 44.1 Å². The van der Waals surface area contributed by atoms with E-state index in [0.29, 0.717) is 5.92 Å². The lowest BCUT2D eigenvalue weighted by molar-refractivity contribution is 0.0508. The van der Waals surface area contributed by atoms with Crippen LogP contribution in [-0.2, 0) is 4.74 Å². The number of nitrogens with zero attached hydrogens (tertiary/aromatic N) is 2. The Labute approximate surface area is 102 Å². The number of carbonyl (C=O) groups excluding carboxylic acids is 1. The molecule has 1 aromatic rings. The molecule has 0 unspecified atom stereocenters. The molecule has 1 aromatic heterocycles. The van der Waals surface area contributed by atoms with Crippen LogP contribution in [0.2, 0.25) is 0 Å². The number of carbonyl (C=O) groups is 1. The molecule has 0 atom stereocenters. The summed E-state index contributed by atoms with van der Waals surface area (Å²) in [5.74, 6) is 0.490. The van der Waals surface area contributed by atoms with Crippen molar-refractivity contribution in [1.82, 2.24) is 9.78 Å². The summed E-state index contributed by atoms with van der Waals surface area (Å²) in [7, 11) is 0. The van der Waals surface area contributed by atoms with Gasteiger partial charge in [0.15, 0.2) is 0 Å². The molecule has 1 fully saturated rings. The molecule has 0 spiro atoms. The van der Waals surface area contributed by atoms with E-state index in [0.717, 1.165) is 29.8 Å². The van der Waals surface area contributed by atoms with Crippen molar-refractivity contribution in [2.24, 2.45) is 0 Å². The van der Waals surface area contributed by atoms with Gasteiger partial charge in [0.25, 0.3) is 0 Å². The van der Waals surface area contributed by atoms with Crippen LogP contribution in [-0.4, -0.2) is 21.5 Å². The Hall–Kier alpha value is -1.32. The lowest BCUT2D eigenvalue weighted by atomic mass is 10.1. The Morgan fingerprint density at radius 3 is 2.41 bits per heavy atom. The summed E-state index contributed by atoms with van der Waals surface area (Å²) in [6.07, 6.45) is 1.93. The van der Waals surface area contributed by atoms with Gasteiger partial charge in [-0.3, -0.25) is 0 Å². The highest BCUT2D eigenvalue weighted by Gasteiger charge is 2.33. The second kappa shape index (κ2) is 3.86. The number of hydrogen-bond acceptors (Lipinski definition) is 3. The van der Waals surface area contributed by atoms with Crippen molar-refractivity contribution in [2.75, 3.05) is 0 Å². The van der Waals surface area contributed by atoms with Gasteiger partial charge in [-0.25, -0.2) is 4.79 Å². The molecule has 0 aliphatic heterocycles. The summed E-state index contributed by atoms with van der Waals surface area (Å²) in [5, 5.41) is 4.30. The minimum absolute atomic E-state index is 0.365. The van der Waals surface area contributed by atoms with Gasteiger partial charge in [0.05, 0.1) is 11.4 Å². The van der Waals surface area contributed by atoms with Gasteiger partial charge in [-0.1, -0.05) is 0 Å². The van der Waals surface area contributed by atoms with E-state index >= 15 is 0 Å². The predicted octanol–water partition coefficient (Wildman–Crippen LogP) is 3.16. The van der Waals surface area contributed by atoms with Gasteiger partial charge in [-0.05, 0) is 53.0 Å². The third-order valence-corrected chi connectivity index (χ3v) is 2.94. The highest BCUT2D eigenvalue weighted by molar-refractivity contribution is 5.71. The average molecular weight is 236 g/mol. The van der Waals surface area contributed by atoms with Crippen LogP contribution >= 0.6 is 0 Å². The molecule has 0 radical (unpaired) electrons. The Bertz CT molecular complexity index is 451. The molecule has 0 saturated heterocycles. The smallest absolute Gasteiger partial charge is 0.435 e. The van der Waals surface area contributed by atoms with Crippen molar-refractivity contribution in [3.63, 3.8) is 0 Å². The van der Waals surface area contributed by atoms with E-state index in [9.17, 15) is 4.79 Å². The molecule has 0 bridgehead atoms. The van der Waals surface area contributed by atoms with Gasteiger partial charge in [0, 0.05) is 5.92 Å². The minimum atomic E-state index is -0.480. The molecule has 0 aromatic carbocycles. The minimum Gasteiger partial charge on any atom is -0.442 e. The fourth-order valence-electron chi connectivity index (χ4n) is 1.90. The fourth-order valence-corrected chi connectivity index (χ4v) is 1.90. The molecule has 0 N–H and O–H groups in total. The molecule has 1 heterocycles. The molecule has 2 rings (SSSR count). The summed E-state index contributed by atoms with van der Waals surface area (Å²) < 4.78 is 6.82. The zero-order chi connectivity index (χ0) is 12.8. The maximum atomic E-state index is 12.1. The molecular formula is C13H20N2O2. The Balaban J connectivity index is 2.32. The van der Waals surface area contributed by atoms with Gasteiger partial charge < -0.3 is 4.74 Å². The van der Waals surface area contributed by atoms with Gasteiger partial charge >= 0.3 is 6.09 Å². The van der Waals surface area contributed by atoms with E-state index in [1.165, 1.54) is 4.68 Å². The van der Waals surface area contributed by atoms with Crippen LogP contribution in [0.3, 0.4) is 0 Å². The highest BCUT2D eigenvalue weighted by atomic mass is 16.6. The van der Waals surface area contributed by atoms with Gasteiger partial charge in [0.2, 0.25) is 0 Å². The number of hydrogen-bond donors (Lipinski definition) is 0. The van der Waals surface area contributed by atoms with Gasteiger partial charge in [-0.2, -0.15) is 9.78 Å². The SMILES string of the molecule is Cc1nn(C(=O)OC(C)(C)C)c(C2CC2)c1C. The molecule has 4 heteroatoms. The quantitative estimate of drug-likeness (QED) is 0.752. The Morgan fingerprint density at radius 1 is 1.35 bits per heavy atom. The van der Waals surface area contributed by atoms with Crippen LogP contribution in [0.4, 0.5) is 4.79 Å². The third kappa shape index (κ3) is 2.51. The van der Waals surface area contributed by atoms with Crippen LogP contribution in [0.25, 0.3) is 0 Å². The van der Waals surface area contributed by atoms with Crippen LogP contribution in [0.1, 0.15) is 56.5 Å². The maximum Gasteiger partial charge on any atom is 0.435 e. The first-order valence-electron chi connectivity index (χ1n) is 6.09. The summed E-state index contributed by atoms with van der Waals surface area (Å²) >= 11 is 0. The zero-order valence-corrected chi connectivity index (χ0v) is 11.2. The van der Waals surface area contributed by atoms with Crippen molar-refractivity contribution < 1.29 is 9.53 Å². The highest BCUT2D eigenvalue weighted by Crippen LogP contribution is 2.42. The van der Waals surface area contributed by atoms with E-state index < -0.39 is 5.60 Å². The summed E-state index contributed by atoms with van der Waals surface area (Å²) in [6.45, 7) is 9.56. The number of rotatable bonds is 1. The van der Waals surface area contributed by atoms with Gasteiger partial charge in [0.1, 0.15) is 5.60 Å². The largest absolute Gasteiger partial charge is 0.442 e. The van der Waals surface area contributed by atoms with Gasteiger partial charge in [-0.15, -0.1) is 0 Å². The van der Waals surface area contributed by atoms with Crippen molar-refractivity contribution in [2.45, 2.75) is 59.0 Å². The normalized spacial score (nSPS) is 16.1. The third-order valence-electron chi connectivity index (χ3n) is 2.94. The van der Waals surface area contributed by atoms with Crippen molar-refractivity contribution >= 4 is 6.09 Å². The molecule has 17 heavy (non-hydrogen) atoms. The second-order valence-electron chi connectivity index (χ2n) is 5.76. The van der Waals surface area contributed by atoms with Crippen molar-refractivity contribution in [3.8, 4) is 0 Å². The van der Waals surface area contributed by atoms with Crippen LogP contribution in [0, 0.1) is 13.8 Å². The number of ether oxygens (including phenoxy) is 1. The van der Waals surface area contributed by atoms with E-state index in [1.807, 2.05) is 34.6 Å². The van der Waals surface area contributed by atoms with E-state index in [4.69, 9.17) is 4.74 Å². The Kier molecular flexibility index (Phi) is 2.76. The lowest BCUT2D eigenvalue weighted by Gasteiger charge is -2.19. The maximum absolute atomic E-state index is 12.1. The first-order chi connectivity index (χ1) is 7.79. The average Bonchev–Trinajstić information content (AvgIpc) is 2.93. The molecule has 0 amide bonds. The number of aromatic nitrogens is 2. The first kappa shape index (κ1) is 12.1. The zero-order valence-electron chi connectivity index (χ0n) is 11.2. The van der Waals surface area contributed by atoms with Crippen LogP contribution < -0.4 is 0 Å². The fraction of sp³-hybridized carbons (Fsp3) is 0.692. The van der Waals surface area contributed by atoms with E-state index in [2.05, 4.69) is 5.10 Å².